The SMILES string of the molecule is CC1(C)c2ccccc2-c2cc3c4ccccc4n(-c4ccc(-c5cccc(-c6cccc7c6sc6ccccc67)c5)cc4)c3cc21.CC1(C)c2ccccc2-c2cc3c4ccccc4n(-c4cccc(-c5ccc6c(c5)c5ccccc5n6-c5ccccc5)c4)c3cc21.CC1(C)c2ccccc2-c2cc3c4ccccc4n(-c4cccc(-c5cccc(-c6cccc7c6sc6ccccc67)c5)c4)c3cc21. The lowest BCUT2D eigenvalue weighted by Crippen LogP contribution is -2.14. The third-order valence-electron chi connectivity index (χ3n) is 31.3. The lowest BCUT2D eigenvalue weighted by atomic mass is 9.82. The van der Waals surface area contributed by atoms with Gasteiger partial charge in [-0.1, -0.05) is 357 Å². The molecule has 0 aliphatic heterocycles. The van der Waals surface area contributed by atoms with Crippen LogP contribution in [0.5, 0.6) is 0 Å². The highest BCUT2D eigenvalue weighted by molar-refractivity contribution is 7.26. The molecule has 3 aliphatic carbocycles. The van der Waals surface area contributed by atoms with Crippen LogP contribution in [0.4, 0.5) is 0 Å². The Kier molecular flexibility index (Phi) is 18.5. The summed E-state index contributed by atoms with van der Waals surface area (Å²) in [5.41, 5.74) is 43.5. The number of aromatic nitrogens is 4. The molecule has 6 heteroatoms. The van der Waals surface area contributed by atoms with E-state index in [1.165, 1.54) is 273 Å². The van der Waals surface area contributed by atoms with Crippen molar-refractivity contribution in [3.05, 3.63) is 494 Å². The molecular formula is C135H94N4S2. The second-order valence-electron chi connectivity index (χ2n) is 40.1. The fraction of sp³-hybridized carbons (Fsp3) is 0.0667. The molecule has 0 fully saturated rings. The van der Waals surface area contributed by atoms with Crippen LogP contribution in [0.3, 0.4) is 0 Å². The Morgan fingerprint density at radius 2 is 0.426 bits per heavy atom. The third-order valence-corrected chi connectivity index (χ3v) is 33.7. The molecule has 0 saturated heterocycles. The number of fused-ring (bicyclic) bond motifs is 27. The van der Waals surface area contributed by atoms with Crippen LogP contribution < -0.4 is 0 Å². The van der Waals surface area contributed by atoms with Gasteiger partial charge in [-0.3, -0.25) is 0 Å². The molecule has 0 amide bonds. The number of nitrogens with zero attached hydrogens (tertiary/aromatic N) is 4. The molecule has 0 N–H and O–H groups in total. The minimum atomic E-state index is -0.0579. The summed E-state index contributed by atoms with van der Waals surface area (Å²) < 4.78 is 15.1. The summed E-state index contributed by atoms with van der Waals surface area (Å²) in [5.74, 6) is 0. The van der Waals surface area contributed by atoms with Gasteiger partial charge in [0.25, 0.3) is 0 Å². The lowest BCUT2D eigenvalue weighted by molar-refractivity contribution is 0.661. The molecule has 666 valence electrons. The molecule has 0 atom stereocenters. The van der Waals surface area contributed by atoms with E-state index in [-0.39, 0.29) is 16.2 Å². The van der Waals surface area contributed by atoms with Gasteiger partial charge in [-0.25, -0.2) is 0 Å². The van der Waals surface area contributed by atoms with Gasteiger partial charge in [-0.2, -0.15) is 0 Å². The van der Waals surface area contributed by atoms with E-state index in [9.17, 15) is 0 Å². The lowest BCUT2D eigenvalue weighted by Gasteiger charge is -2.21. The maximum absolute atomic E-state index is 2.47. The smallest absolute Gasteiger partial charge is 0.0544 e. The van der Waals surface area contributed by atoms with E-state index in [0.29, 0.717) is 0 Å². The molecule has 4 nitrogen and oxygen atoms in total. The predicted octanol–water partition coefficient (Wildman–Crippen LogP) is 37.4. The second kappa shape index (κ2) is 31.7. The molecule has 6 aromatic heterocycles. The molecule has 0 spiro atoms. The maximum Gasteiger partial charge on any atom is 0.0544 e. The number of rotatable bonds is 9. The van der Waals surface area contributed by atoms with Gasteiger partial charge in [0.05, 0.1) is 44.1 Å². The molecule has 0 radical (unpaired) electrons. The standard InChI is InChI=1S/C45H32N2.2C45H31NS/c1-45(2)39-20-9-6-17-33(39)36-27-38-35-19-8-11-22-42(35)47(44(38)28-40(36)45)32-16-12-13-29(25-32)30-23-24-43-37(26-30)34-18-7-10-21-41(34)46(43)31-14-4-3-5-15-31;1-45(2)39-21-6-3-16-33(39)37-26-38-34-17-4-7-22-41(34)46(42(38)27-40(37)45)31-15-10-13-29(25-31)28-12-9-14-30(24-28)32-19-11-20-36-35-18-5-8-23-43(35)47-44(32)36;1-45(2)39-18-6-3-13-33(39)37-26-38-34-14-4-7-19-41(34)46(42(38)27-40(37)45)31-23-21-28(22-24-31)29-11-9-12-30(25-29)32-16-10-17-36-35-15-5-8-20-43(35)47-44(32)36/h3-28H,1-2H3;2*3-27H,1-2H3. The summed E-state index contributed by atoms with van der Waals surface area (Å²) in [6, 6.07) is 171. The van der Waals surface area contributed by atoms with Crippen LogP contribution in [0.1, 0.15) is 74.9 Å². The predicted molar refractivity (Wildman–Crippen MR) is 602 cm³/mol. The topological polar surface area (TPSA) is 19.7 Å². The monoisotopic (exact) mass is 1830 g/mol. The quantitative estimate of drug-likeness (QED) is 0.137. The average Bonchev–Trinajstić information content (AvgIpc) is 1.55. The Hall–Kier alpha value is -16.7. The van der Waals surface area contributed by atoms with Gasteiger partial charge in [-0.15, -0.1) is 22.7 Å². The Morgan fingerprint density at radius 1 is 0.149 bits per heavy atom. The van der Waals surface area contributed by atoms with Crippen molar-refractivity contribution in [1.82, 2.24) is 18.3 Å². The largest absolute Gasteiger partial charge is 0.309 e. The average molecular weight is 1840 g/mol. The van der Waals surface area contributed by atoms with Gasteiger partial charge >= 0.3 is 0 Å². The zero-order chi connectivity index (χ0) is 93.8. The fourth-order valence-electron chi connectivity index (χ4n) is 24.5. The van der Waals surface area contributed by atoms with Crippen molar-refractivity contribution < 1.29 is 0 Å². The number of hydrogen-bond acceptors (Lipinski definition) is 2. The van der Waals surface area contributed by atoms with Gasteiger partial charge in [0.1, 0.15) is 0 Å². The van der Waals surface area contributed by atoms with Crippen LogP contribution in [0.25, 0.3) is 239 Å². The first-order chi connectivity index (χ1) is 69.2. The molecule has 6 heterocycles. The zero-order valence-corrected chi connectivity index (χ0v) is 80.6. The summed E-state index contributed by atoms with van der Waals surface area (Å²) in [4.78, 5) is 0. The molecule has 0 bridgehead atoms. The maximum atomic E-state index is 2.47. The first-order valence-corrected chi connectivity index (χ1v) is 50.8. The van der Waals surface area contributed by atoms with Crippen LogP contribution in [0, 0.1) is 0 Å². The molecule has 27 aromatic rings. The number of benzene rings is 21. The zero-order valence-electron chi connectivity index (χ0n) is 79.0. The van der Waals surface area contributed by atoms with Gasteiger partial charge in [-0.05, 0) is 268 Å². The van der Waals surface area contributed by atoms with Crippen molar-refractivity contribution in [3.8, 4) is 112 Å². The first-order valence-electron chi connectivity index (χ1n) is 49.2. The van der Waals surface area contributed by atoms with Crippen molar-refractivity contribution in [2.75, 3.05) is 0 Å². The molecule has 30 rings (SSSR count). The van der Waals surface area contributed by atoms with E-state index in [4.69, 9.17) is 0 Å². The summed E-state index contributed by atoms with van der Waals surface area (Å²) >= 11 is 3.78. The highest BCUT2D eigenvalue weighted by Gasteiger charge is 2.40. The van der Waals surface area contributed by atoms with Gasteiger partial charge in [0.15, 0.2) is 0 Å². The van der Waals surface area contributed by atoms with E-state index >= 15 is 0 Å². The van der Waals surface area contributed by atoms with E-state index in [2.05, 4.69) is 521 Å². The molecule has 141 heavy (non-hydrogen) atoms. The van der Waals surface area contributed by atoms with E-state index in [0.717, 1.165) is 0 Å². The Labute approximate surface area is 826 Å². The van der Waals surface area contributed by atoms with Crippen LogP contribution in [0.2, 0.25) is 0 Å². The van der Waals surface area contributed by atoms with E-state index in [1.54, 1.807) is 0 Å². The van der Waals surface area contributed by atoms with Crippen molar-refractivity contribution in [2.24, 2.45) is 0 Å². The molecular weight excluding hydrogens is 1740 g/mol. The molecule has 0 saturated carbocycles. The number of hydrogen-bond donors (Lipinski definition) is 0. The Balaban J connectivity index is 0.000000104. The Morgan fingerprint density at radius 3 is 0.851 bits per heavy atom. The first kappa shape index (κ1) is 82.5. The van der Waals surface area contributed by atoms with Crippen LogP contribution in [0.15, 0.2) is 461 Å². The molecule has 21 aromatic carbocycles. The fourth-order valence-corrected chi connectivity index (χ4v) is 26.9. The van der Waals surface area contributed by atoms with Crippen LogP contribution in [-0.4, -0.2) is 18.3 Å². The third kappa shape index (κ3) is 12.7. The Bertz CT molecular complexity index is 9920. The van der Waals surface area contributed by atoms with Crippen molar-refractivity contribution in [2.45, 2.75) is 57.8 Å². The van der Waals surface area contributed by atoms with Gasteiger partial charge in [0, 0.05) is 122 Å². The van der Waals surface area contributed by atoms with Gasteiger partial charge in [0.2, 0.25) is 0 Å². The summed E-state index contributed by atoms with van der Waals surface area (Å²) in [6.45, 7) is 14.2. The second-order valence-corrected chi connectivity index (χ2v) is 42.2. The van der Waals surface area contributed by atoms with E-state index in [1.807, 2.05) is 22.7 Å². The summed E-state index contributed by atoms with van der Waals surface area (Å²) in [7, 11) is 0. The van der Waals surface area contributed by atoms with Crippen LogP contribution >= 0.6 is 22.7 Å². The van der Waals surface area contributed by atoms with E-state index < -0.39 is 0 Å². The van der Waals surface area contributed by atoms with Crippen LogP contribution in [-0.2, 0) is 16.2 Å². The van der Waals surface area contributed by atoms with Crippen molar-refractivity contribution >= 4 is 150 Å². The minimum Gasteiger partial charge on any atom is -0.309 e. The highest BCUT2D eigenvalue weighted by atomic mass is 32.1. The van der Waals surface area contributed by atoms with Crippen molar-refractivity contribution in [1.29, 1.82) is 0 Å². The number of thiophene rings is 2. The highest BCUT2D eigenvalue weighted by Crippen LogP contribution is 2.56. The number of para-hydroxylation sites is 5. The summed E-state index contributed by atoms with van der Waals surface area (Å²) in [6.07, 6.45) is 0. The normalized spacial score (nSPS) is 13.5. The van der Waals surface area contributed by atoms with Crippen molar-refractivity contribution in [3.63, 3.8) is 0 Å². The minimum absolute atomic E-state index is 0.0452. The molecule has 0 unspecified atom stereocenters. The van der Waals surface area contributed by atoms with Gasteiger partial charge < -0.3 is 18.3 Å². The summed E-state index contributed by atoms with van der Waals surface area (Å²) in [5, 5.41) is 15.6. The molecule has 3 aliphatic rings.